The second kappa shape index (κ2) is 6.01. The van der Waals surface area contributed by atoms with Gasteiger partial charge in [-0.1, -0.05) is 56.0 Å². The number of benzene rings is 1. The van der Waals surface area contributed by atoms with Gasteiger partial charge in [-0.05, 0) is 36.5 Å². The van der Waals surface area contributed by atoms with Crippen LogP contribution in [0.3, 0.4) is 0 Å². The van der Waals surface area contributed by atoms with Crippen LogP contribution in [0.15, 0.2) is 48.7 Å². The lowest BCUT2D eigenvalue weighted by molar-refractivity contribution is 0.593. The zero-order valence-electron chi connectivity index (χ0n) is 11.4. The highest BCUT2D eigenvalue weighted by atomic mass is 14.7. The number of nitrogens with zero attached hydrogens (tertiary/aromatic N) is 1. The topological polar surface area (TPSA) is 12.9 Å². The van der Waals surface area contributed by atoms with E-state index in [4.69, 9.17) is 0 Å². The lowest BCUT2D eigenvalue weighted by Crippen LogP contribution is -2.00. The van der Waals surface area contributed by atoms with E-state index < -0.39 is 0 Å². The molecule has 1 aliphatic rings. The van der Waals surface area contributed by atoms with E-state index in [1.54, 1.807) is 0 Å². The second-order valence-corrected chi connectivity index (χ2v) is 5.49. The van der Waals surface area contributed by atoms with Gasteiger partial charge in [0.2, 0.25) is 0 Å². The van der Waals surface area contributed by atoms with E-state index in [1.807, 2.05) is 12.3 Å². The van der Waals surface area contributed by atoms with Crippen LogP contribution in [0.1, 0.15) is 50.0 Å². The van der Waals surface area contributed by atoms with Gasteiger partial charge in [-0.3, -0.25) is 4.98 Å². The molecule has 0 unspecified atom stereocenters. The first-order valence-electron chi connectivity index (χ1n) is 7.45. The molecular weight excluding hydrogens is 230 g/mol. The Labute approximate surface area is 115 Å². The van der Waals surface area contributed by atoms with Crippen molar-refractivity contribution in [2.45, 2.75) is 44.4 Å². The predicted octanol–water partition coefficient (Wildman–Crippen LogP) is 5.19. The highest BCUT2D eigenvalue weighted by molar-refractivity contribution is 5.64. The summed E-state index contributed by atoms with van der Waals surface area (Å²) in [4.78, 5) is 4.53. The Hall–Kier alpha value is -1.63. The summed E-state index contributed by atoms with van der Waals surface area (Å²) in [7, 11) is 0. The number of hydrogen-bond donors (Lipinski definition) is 0. The molecule has 19 heavy (non-hydrogen) atoms. The molecule has 1 saturated carbocycles. The van der Waals surface area contributed by atoms with Crippen molar-refractivity contribution in [3.8, 4) is 11.3 Å². The summed E-state index contributed by atoms with van der Waals surface area (Å²) >= 11 is 0. The van der Waals surface area contributed by atoms with Crippen LogP contribution >= 0.6 is 0 Å². The minimum Gasteiger partial charge on any atom is -0.256 e. The van der Waals surface area contributed by atoms with Crippen LogP contribution in [0.5, 0.6) is 0 Å². The highest BCUT2D eigenvalue weighted by Crippen LogP contribution is 2.36. The summed E-state index contributed by atoms with van der Waals surface area (Å²) in [5.41, 5.74) is 3.94. The van der Waals surface area contributed by atoms with Crippen molar-refractivity contribution in [1.29, 1.82) is 0 Å². The molecule has 1 aromatic carbocycles. The fourth-order valence-corrected chi connectivity index (χ4v) is 3.20. The Morgan fingerprint density at radius 2 is 1.53 bits per heavy atom. The van der Waals surface area contributed by atoms with Gasteiger partial charge in [0.15, 0.2) is 0 Å². The maximum atomic E-state index is 4.53. The fraction of sp³-hybridized carbons (Fsp3) is 0.389. The number of rotatable bonds is 2. The molecule has 1 nitrogen and oxygen atoms in total. The molecule has 0 amide bonds. The summed E-state index contributed by atoms with van der Waals surface area (Å²) in [6.07, 6.45) is 10.1. The molecule has 1 fully saturated rings. The number of pyridine rings is 1. The average Bonchev–Trinajstić information content (AvgIpc) is 2.77. The molecule has 1 heteroatoms. The monoisotopic (exact) mass is 251 g/mol. The first-order chi connectivity index (χ1) is 9.45. The van der Waals surface area contributed by atoms with Crippen molar-refractivity contribution in [2.75, 3.05) is 0 Å². The molecule has 0 radical (unpaired) electrons. The van der Waals surface area contributed by atoms with E-state index in [0.717, 1.165) is 11.6 Å². The molecule has 2 aromatic rings. The van der Waals surface area contributed by atoms with Gasteiger partial charge in [-0.15, -0.1) is 0 Å². The van der Waals surface area contributed by atoms with Gasteiger partial charge in [-0.2, -0.15) is 0 Å². The maximum Gasteiger partial charge on any atom is 0.0704 e. The van der Waals surface area contributed by atoms with E-state index in [0.29, 0.717) is 0 Å². The zero-order chi connectivity index (χ0) is 12.9. The second-order valence-electron chi connectivity index (χ2n) is 5.49. The normalized spacial score (nSPS) is 17.1. The average molecular weight is 251 g/mol. The molecule has 0 N–H and O–H groups in total. The third-order valence-corrected chi connectivity index (χ3v) is 4.20. The van der Waals surface area contributed by atoms with Crippen LogP contribution in [0, 0.1) is 0 Å². The van der Waals surface area contributed by atoms with Crippen LogP contribution in [0.25, 0.3) is 11.3 Å². The molecule has 0 atom stereocenters. The summed E-state index contributed by atoms with van der Waals surface area (Å²) in [6.45, 7) is 0. The third kappa shape index (κ3) is 2.86. The minimum atomic E-state index is 0.723. The van der Waals surface area contributed by atoms with Crippen molar-refractivity contribution in [3.05, 3.63) is 54.2 Å². The lowest BCUT2D eigenvalue weighted by atomic mass is 9.87. The Kier molecular flexibility index (Phi) is 3.92. The lowest BCUT2D eigenvalue weighted by Gasteiger charge is -2.18. The number of hydrogen-bond acceptors (Lipinski definition) is 1. The number of aromatic nitrogens is 1. The van der Waals surface area contributed by atoms with Crippen LogP contribution < -0.4 is 0 Å². The molecular formula is C18H21N. The highest BCUT2D eigenvalue weighted by Gasteiger charge is 2.17. The predicted molar refractivity (Wildman–Crippen MR) is 80.1 cm³/mol. The summed E-state index contributed by atoms with van der Waals surface area (Å²) in [5.74, 6) is 0.723. The Balaban J connectivity index is 1.97. The molecule has 1 aliphatic carbocycles. The van der Waals surface area contributed by atoms with E-state index in [1.165, 1.54) is 49.7 Å². The van der Waals surface area contributed by atoms with Crippen LogP contribution in [-0.2, 0) is 0 Å². The smallest absolute Gasteiger partial charge is 0.0704 e. The van der Waals surface area contributed by atoms with Crippen LogP contribution in [0.2, 0.25) is 0 Å². The zero-order valence-corrected chi connectivity index (χ0v) is 11.4. The summed E-state index contributed by atoms with van der Waals surface area (Å²) in [5, 5.41) is 0. The first kappa shape index (κ1) is 12.4. The van der Waals surface area contributed by atoms with E-state index >= 15 is 0 Å². The molecule has 1 aromatic heterocycles. The summed E-state index contributed by atoms with van der Waals surface area (Å²) in [6, 6.07) is 15.0. The maximum absolute atomic E-state index is 4.53. The van der Waals surface area contributed by atoms with Crippen LogP contribution in [-0.4, -0.2) is 4.98 Å². The molecule has 1 heterocycles. The van der Waals surface area contributed by atoms with Gasteiger partial charge in [0.25, 0.3) is 0 Å². The van der Waals surface area contributed by atoms with Crippen molar-refractivity contribution in [3.63, 3.8) is 0 Å². The van der Waals surface area contributed by atoms with Crippen LogP contribution in [0.4, 0.5) is 0 Å². The Morgan fingerprint density at radius 1 is 0.789 bits per heavy atom. The molecule has 98 valence electrons. The minimum absolute atomic E-state index is 0.723. The van der Waals surface area contributed by atoms with Gasteiger partial charge in [0.1, 0.15) is 0 Å². The quantitative estimate of drug-likeness (QED) is 0.670. The van der Waals surface area contributed by atoms with Gasteiger partial charge in [0, 0.05) is 11.8 Å². The SMILES string of the molecule is c1ccc(-c2ccccc2C2CCCCCC2)nc1. The molecule has 0 bridgehead atoms. The standard InChI is InChI=1S/C18H21N/c1-2-4-10-15(9-3-1)16-11-5-6-12-17(16)18-13-7-8-14-19-18/h5-8,11-15H,1-4,9-10H2. The molecule has 0 saturated heterocycles. The van der Waals surface area contributed by atoms with Gasteiger partial charge < -0.3 is 0 Å². The van der Waals surface area contributed by atoms with Crippen molar-refractivity contribution in [1.82, 2.24) is 4.98 Å². The van der Waals surface area contributed by atoms with E-state index in [9.17, 15) is 0 Å². The fourth-order valence-electron chi connectivity index (χ4n) is 3.20. The van der Waals surface area contributed by atoms with E-state index in [-0.39, 0.29) is 0 Å². The third-order valence-electron chi connectivity index (χ3n) is 4.20. The van der Waals surface area contributed by atoms with Gasteiger partial charge >= 0.3 is 0 Å². The van der Waals surface area contributed by atoms with Crippen molar-refractivity contribution in [2.24, 2.45) is 0 Å². The Morgan fingerprint density at radius 3 is 2.26 bits per heavy atom. The van der Waals surface area contributed by atoms with Gasteiger partial charge in [0.05, 0.1) is 5.69 Å². The van der Waals surface area contributed by atoms with Gasteiger partial charge in [-0.25, -0.2) is 0 Å². The summed E-state index contributed by atoms with van der Waals surface area (Å²) < 4.78 is 0. The molecule has 0 spiro atoms. The Bertz CT molecular complexity index is 510. The largest absolute Gasteiger partial charge is 0.256 e. The van der Waals surface area contributed by atoms with Crippen molar-refractivity contribution < 1.29 is 0 Å². The molecule has 3 rings (SSSR count). The first-order valence-corrected chi connectivity index (χ1v) is 7.45. The van der Waals surface area contributed by atoms with Crippen molar-refractivity contribution >= 4 is 0 Å². The van der Waals surface area contributed by atoms with E-state index in [2.05, 4.69) is 41.4 Å². The molecule has 0 aliphatic heterocycles.